The van der Waals surface area contributed by atoms with Crippen LogP contribution < -0.4 is 5.56 Å². The highest BCUT2D eigenvalue weighted by Gasteiger charge is 2.26. The molecule has 7 heteroatoms. The van der Waals surface area contributed by atoms with Crippen LogP contribution >= 0.6 is 0 Å². The zero-order valence-corrected chi connectivity index (χ0v) is 13.8. The Bertz CT molecular complexity index is 876. The minimum atomic E-state index is -0.0777. The Morgan fingerprint density at radius 1 is 1.16 bits per heavy atom. The zero-order chi connectivity index (χ0) is 17.1. The van der Waals surface area contributed by atoms with Crippen molar-refractivity contribution in [1.82, 2.24) is 24.8 Å². The summed E-state index contributed by atoms with van der Waals surface area (Å²) in [6, 6.07) is 9.28. The van der Waals surface area contributed by atoms with Crippen LogP contribution in [0.25, 0.3) is 11.3 Å². The summed E-state index contributed by atoms with van der Waals surface area (Å²) in [5.74, 6) is 0. The Labute approximate surface area is 144 Å². The third-order valence-electron chi connectivity index (χ3n) is 4.58. The van der Waals surface area contributed by atoms with Crippen LogP contribution in [0.1, 0.15) is 18.5 Å². The molecule has 1 atom stereocenters. The Hall–Kier alpha value is -2.80. The molecule has 1 saturated heterocycles. The van der Waals surface area contributed by atoms with E-state index >= 15 is 0 Å². The van der Waals surface area contributed by atoms with Crippen molar-refractivity contribution in [2.45, 2.75) is 32.0 Å². The molecular formula is C18H19N5O2. The highest BCUT2D eigenvalue weighted by molar-refractivity contribution is 5.56. The van der Waals surface area contributed by atoms with Gasteiger partial charge in [-0.15, -0.1) is 0 Å². The molecule has 4 heterocycles. The van der Waals surface area contributed by atoms with Crippen molar-refractivity contribution in [2.24, 2.45) is 0 Å². The van der Waals surface area contributed by atoms with Crippen LogP contribution in [-0.2, 0) is 13.1 Å². The smallest absolute Gasteiger partial charge is 0.266 e. The van der Waals surface area contributed by atoms with Gasteiger partial charge < -0.3 is 4.52 Å². The van der Waals surface area contributed by atoms with Gasteiger partial charge in [0.05, 0.1) is 17.9 Å². The van der Waals surface area contributed by atoms with E-state index in [1.54, 1.807) is 35.5 Å². The van der Waals surface area contributed by atoms with Gasteiger partial charge in [0, 0.05) is 42.7 Å². The van der Waals surface area contributed by atoms with Crippen molar-refractivity contribution >= 4 is 0 Å². The molecule has 7 nitrogen and oxygen atoms in total. The second-order valence-electron chi connectivity index (χ2n) is 6.23. The van der Waals surface area contributed by atoms with Crippen LogP contribution in [0.5, 0.6) is 0 Å². The topological polar surface area (TPSA) is 77.0 Å². The molecule has 0 N–H and O–H groups in total. The fourth-order valence-electron chi connectivity index (χ4n) is 3.29. The first-order valence-corrected chi connectivity index (χ1v) is 8.41. The van der Waals surface area contributed by atoms with E-state index in [9.17, 15) is 4.79 Å². The third kappa shape index (κ3) is 3.51. The number of nitrogens with zero attached hydrogens (tertiary/aromatic N) is 5. The summed E-state index contributed by atoms with van der Waals surface area (Å²) in [5, 5.41) is 8.54. The van der Waals surface area contributed by atoms with E-state index in [1.807, 2.05) is 18.2 Å². The van der Waals surface area contributed by atoms with Crippen molar-refractivity contribution in [2.75, 3.05) is 6.54 Å². The van der Waals surface area contributed by atoms with Gasteiger partial charge in [-0.2, -0.15) is 5.10 Å². The maximum atomic E-state index is 12.3. The molecule has 0 saturated carbocycles. The summed E-state index contributed by atoms with van der Waals surface area (Å²) < 4.78 is 6.48. The van der Waals surface area contributed by atoms with E-state index in [0.29, 0.717) is 6.54 Å². The summed E-state index contributed by atoms with van der Waals surface area (Å²) in [7, 11) is 0. The maximum absolute atomic E-state index is 12.3. The summed E-state index contributed by atoms with van der Waals surface area (Å²) in [6.45, 7) is 2.31. The molecule has 1 fully saturated rings. The van der Waals surface area contributed by atoms with Crippen LogP contribution in [0, 0.1) is 0 Å². The van der Waals surface area contributed by atoms with Crippen LogP contribution in [0.2, 0.25) is 0 Å². The minimum Gasteiger partial charge on any atom is -0.364 e. The number of pyridine rings is 1. The summed E-state index contributed by atoms with van der Waals surface area (Å²) >= 11 is 0. The Balaban J connectivity index is 1.54. The number of likely N-dealkylation sites (tertiary alicyclic amines) is 1. The summed E-state index contributed by atoms with van der Waals surface area (Å²) in [6.07, 6.45) is 7.20. The molecule has 3 aromatic rings. The molecule has 25 heavy (non-hydrogen) atoms. The molecule has 0 amide bonds. The third-order valence-corrected chi connectivity index (χ3v) is 4.58. The number of hydrogen-bond donors (Lipinski definition) is 0. The fraction of sp³-hybridized carbons (Fsp3) is 0.333. The van der Waals surface area contributed by atoms with Crippen molar-refractivity contribution < 1.29 is 4.52 Å². The first-order chi connectivity index (χ1) is 12.3. The minimum absolute atomic E-state index is 0.0777. The molecule has 1 aliphatic heterocycles. The van der Waals surface area contributed by atoms with Crippen molar-refractivity contribution in [1.29, 1.82) is 0 Å². The van der Waals surface area contributed by atoms with Gasteiger partial charge in [0.25, 0.3) is 5.56 Å². The SMILES string of the molecule is O=c1ccc(-c2ccncc2)nn1CC1CCCN1Cc1ccon1. The largest absolute Gasteiger partial charge is 0.364 e. The van der Waals surface area contributed by atoms with Gasteiger partial charge in [-0.25, -0.2) is 4.68 Å². The average molecular weight is 337 g/mol. The van der Waals surface area contributed by atoms with Crippen LogP contribution in [0.15, 0.2) is 58.3 Å². The van der Waals surface area contributed by atoms with Crippen LogP contribution in [0.3, 0.4) is 0 Å². The number of hydrogen-bond acceptors (Lipinski definition) is 6. The van der Waals surface area contributed by atoms with Crippen molar-refractivity contribution in [3.05, 3.63) is 65.0 Å². The molecule has 0 aliphatic carbocycles. The van der Waals surface area contributed by atoms with E-state index in [-0.39, 0.29) is 11.6 Å². The number of aromatic nitrogens is 4. The lowest BCUT2D eigenvalue weighted by Crippen LogP contribution is -2.36. The first kappa shape index (κ1) is 15.7. The maximum Gasteiger partial charge on any atom is 0.266 e. The highest BCUT2D eigenvalue weighted by Crippen LogP contribution is 2.21. The standard InChI is InChI=1S/C18H19N5O2/c24-18-4-3-17(14-5-8-19-9-6-14)20-23(18)13-16-2-1-10-22(16)12-15-7-11-25-21-15/h3-9,11,16H,1-2,10,12-13H2. The average Bonchev–Trinajstić information content (AvgIpc) is 3.31. The Kier molecular flexibility index (Phi) is 4.39. The predicted octanol–water partition coefficient (Wildman–Crippen LogP) is 1.96. The lowest BCUT2D eigenvalue weighted by molar-refractivity contribution is 0.211. The number of rotatable bonds is 5. The van der Waals surface area contributed by atoms with E-state index < -0.39 is 0 Å². The Morgan fingerprint density at radius 3 is 2.84 bits per heavy atom. The summed E-state index contributed by atoms with van der Waals surface area (Å²) in [4.78, 5) is 18.6. The molecule has 0 spiro atoms. The van der Waals surface area contributed by atoms with Gasteiger partial charge in [-0.3, -0.25) is 14.7 Å². The molecule has 0 bridgehead atoms. The van der Waals surface area contributed by atoms with Gasteiger partial charge in [0.15, 0.2) is 0 Å². The van der Waals surface area contributed by atoms with E-state index in [0.717, 1.165) is 42.9 Å². The molecule has 4 rings (SSSR count). The normalized spacial score (nSPS) is 17.8. The van der Waals surface area contributed by atoms with E-state index in [1.165, 1.54) is 0 Å². The molecule has 3 aromatic heterocycles. The zero-order valence-electron chi connectivity index (χ0n) is 13.8. The summed E-state index contributed by atoms with van der Waals surface area (Å²) in [5.41, 5.74) is 2.57. The van der Waals surface area contributed by atoms with Gasteiger partial charge in [0.2, 0.25) is 0 Å². The second-order valence-corrected chi connectivity index (χ2v) is 6.23. The first-order valence-electron chi connectivity index (χ1n) is 8.41. The molecule has 128 valence electrons. The van der Waals surface area contributed by atoms with Gasteiger partial charge in [-0.05, 0) is 37.6 Å². The quantitative estimate of drug-likeness (QED) is 0.708. The van der Waals surface area contributed by atoms with E-state index in [4.69, 9.17) is 4.52 Å². The van der Waals surface area contributed by atoms with Crippen molar-refractivity contribution in [3.8, 4) is 11.3 Å². The van der Waals surface area contributed by atoms with Gasteiger partial charge >= 0.3 is 0 Å². The van der Waals surface area contributed by atoms with E-state index in [2.05, 4.69) is 20.1 Å². The lowest BCUT2D eigenvalue weighted by Gasteiger charge is -2.23. The molecule has 0 aromatic carbocycles. The molecule has 0 radical (unpaired) electrons. The van der Waals surface area contributed by atoms with Crippen molar-refractivity contribution in [3.63, 3.8) is 0 Å². The predicted molar refractivity (Wildman–Crippen MR) is 91.7 cm³/mol. The van der Waals surface area contributed by atoms with Crippen LogP contribution in [0.4, 0.5) is 0 Å². The molecular weight excluding hydrogens is 318 g/mol. The molecule has 1 unspecified atom stereocenters. The second kappa shape index (κ2) is 6.98. The lowest BCUT2D eigenvalue weighted by atomic mass is 10.2. The van der Waals surface area contributed by atoms with Gasteiger partial charge in [0.1, 0.15) is 6.26 Å². The highest BCUT2D eigenvalue weighted by atomic mass is 16.5. The monoisotopic (exact) mass is 337 g/mol. The fourth-order valence-corrected chi connectivity index (χ4v) is 3.29. The van der Waals surface area contributed by atoms with Gasteiger partial charge in [-0.1, -0.05) is 5.16 Å². The van der Waals surface area contributed by atoms with Crippen LogP contribution in [-0.4, -0.2) is 37.4 Å². The Morgan fingerprint density at radius 2 is 2.04 bits per heavy atom. The molecule has 1 aliphatic rings.